The van der Waals surface area contributed by atoms with Gasteiger partial charge >= 0.3 is 5.97 Å². The monoisotopic (exact) mass is 407 g/mol. The van der Waals surface area contributed by atoms with Gasteiger partial charge in [-0.15, -0.1) is 0 Å². The third kappa shape index (κ3) is 3.66. The van der Waals surface area contributed by atoms with Crippen LogP contribution in [0.4, 0.5) is 4.39 Å². The molecule has 8 heteroatoms. The number of carboxylic acids is 1. The first-order valence-electron chi connectivity index (χ1n) is 8.69. The quantitative estimate of drug-likeness (QED) is 0.637. The van der Waals surface area contributed by atoms with Crippen molar-refractivity contribution in [2.45, 2.75) is 25.0 Å². The summed E-state index contributed by atoms with van der Waals surface area (Å²) in [5.41, 5.74) is -2.45. The fourth-order valence-corrected chi connectivity index (χ4v) is 3.48. The lowest BCUT2D eigenvalue weighted by molar-refractivity contribution is -0.00449. The molecular formula is C20H19ClFNO5. The van der Waals surface area contributed by atoms with Gasteiger partial charge in [-0.25, -0.2) is 9.18 Å². The average Bonchev–Trinajstić information content (AvgIpc) is 3.22. The summed E-state index contributed by atoms with van der Waals surface area (Å²) < 4.78 is 20.2. The van der Waals surface area contributed by atoms with Gasteiger partial charge in [-0.05, 0) is 48.4 Å². The van der Waals surface area contributed by atoms with E-state index in [9.17, 15) is 24.2 Å². The lowest BCUT2D eigenvalue weighted by Crippen LogP contribution is -2.46. The number of halogens is 2. The molecule has 0 spiro atoms. The maximum atomic E-state index is 15.0. The van der Waals surface area contributed by atoms with E-state index in [1.165, 1.54) is 24.3 Å². The summed E-state index contributed by atoms with van der Waals surface area (Å²) in [7, 11) is 0. The molecule has 0 bridgehead atoms. The van der Waals surface area contributed by atoms with E-state index >= 15 is 0 Å². The normalized spacial score (nSPS) is 18.6. The van der Waals surface area contributed by atoms with Crippen LogP contribution >= 0.6 is 11.6 Å². The van der Waals surface area contributed by atoms with Crippen molar-refractivity contribution in [1.82, 2.24) is 5.32 Å². The van der Waals surface area contributed by atoms with E-state index in [2.05, 4.69) is 5.32 Å². The van der Waals surface area contributed by atoms with Gasteiger partial charge in [-0.1, -0.05) is 18.5 Å². The molecular weight excluding hydrogens is 389 g/mol. The highest BCUT2D eigenvalue weighted by Crippen LogP contribution is 2.33. The predicted molar refractivity (Wildman–Crippen MR) is 100 cm³/mol. The maximum Gasteiger partial charge on any atom is 0.336 e. The van der Waals surface area contributed by atoms with Crippen LogP contribution in [0.15, 0.2) is 36.4 Å². The molecule has 2 aromatic carbocycles. The van der Waals surface area contributed by atoms with Gasteiger partial charge in [0.05, 0.1) is 30.5 Å². The van der Waals surface area contributed by atoms with Crippen LogP contribution in [0.1, 0.15) is 45.2 Å². The van der Waals surface area contributed by atoms with Gasteiger partial charge in [0.15, 0.2) is 5.78 Å². The van der Waals surface area contributed by atoms with Gasteiger partial charge in [-0.2, -0.15) is 0 Å². The van der Waals surface area contributed by atoms with E-state index in [-0.39, 0.29) is 30.9 Å². The average molecular weight is 408 g/mol. The summed E-state index contributed by atoms with van der Waals surface area (Å²) in [5.74, 6) is -3.26. The Bertz CT molecular complexity index is 912. The second kappa shape index (κ2) is 7.97. The van der Waals surface area contributed by atoms with E-state index in [4.69, 9.17) is 16.3 Å². The minimum absolute atomic E-state index is 0.0700. The van der Waals surface area contributed by atoms with Gasteiger partial charge in [0.2, 0.25) is 0 Å². The minimum atomic E-state index is -1.55. The number of aromatic carboxylic acids is 1. The van der Waals surface area contributed by atoms with Crippen molar-refractivity contribution in [2.24, 2.45) is 0 Å². The van der Waals surface area contributed by atoms with Crippen molar-refractivity contribution in [1.29, 1.82) is 0 Å². The number of aliphatic hydroxyl groups is 1. The van der Waals surface area contributed by atoms with Crippen molar-refractivity contribution >= 4 is 23.4 Å². The van der Waals surface area contributed by atoms with Crippen LogP contribution < -0.4 is 5.32 Å². The molecule has 1 aliphatic rings. The lowest BCUT2D eigenvalue weighted by atomic mass is 9.82. The number of carbonyl (C=O) groups excluding carboxylic acids is 1. The van der Waals surface area contributed by atoms with Crippen molar-refractivity contribution in [3.8, 4) is 0 Å². The number of ether oxygens (including phenoxy) is 1. The molecule has 148 valence electrons. The van der Waals surface area contributed by atoms with Gasteiger partial charge in [0.25, 0.3) is 0 Å². The molecule has 0 aliphatic carbocycles. The standard InChI is InChI=1S/C20H19ClFNO5/c1-2-20(27,16-9-28-10-23-16)12-7-14(19(25)26)17(15(22)8-12)18(24)11-3-5-13(21)6-4-11/h3-8,16,23,27H,2,9-10H2,1H3,(H,25,26). The number of carbonyl (C=O) groups is 2. The first-order chi connectivity index (χ1) is 13.3. The van der Waals surface area contributed by atoms with Gasteiger partial charge in [0, 0.05) is 10.6 Å². The molecule has 6 nitrogen and oxygen atoms in total. The van der Waals surface area contributed by atoms with Gasteiger partial charge < -0.3 is 14.9 Å². The van der Waals surface area contributed by atoms with Crippen LogP contribution in [0.25, 0.3) is 0 Å². The third-order valence-electron chi connectivity index (χ3n) is 4.99. The third-order valence-corrected chi connectivity index (χ3v) is 5.24. The SMILES string of the molecule is CCC(O)(c1cc(F)c(C(=O)c2ccc(Cl)cc2)c(C(=O)O)c1)C1COCN1. The van der Waals surface area contributed by atoms with E-state index in [1.54, 1.807) is 6.92 Å². The molecule has 2 atom stereocenters. The Morgan fingerprint density at radius 1 is 1.32 bits per heavy atom. The molecule has 2 aromatic rings. The van der Waals surface area contributed by atoms with Crippen molar-refractivity contribution in [2.75, 3.05) is 13.3 Å². The van der Waals surface area contributed by atoms with Crippen LogP contribution in [0.3, 0.4) is 0 Å². The second-order valence-electron chi connectivity index (χ2n) is 6.57. The predicted octanol–water partition coefficient (Wildman–Crippen LogP) is 2.95. The summed E-state index contributed by atoms with van der Waals surface area (Å²) in [4.78, 5) is 24.5. The zero-order valence-corrected chi connectivity index (χ0v) is 15.8. The van der Waals surface area contributed by atoms with Crippen LogP contribution in [0, 0.1) is 5.82 Å². The van der Waals surface area contributed by atoms with Crippen LogP contribution in [0.5, 0.6) is 0 Å². The van der Waals surface area contributed by atoms with Crippen LogP contribution in [0.2, 0.25) is 5.02 Å². The zero-order chi connectivity index (χ0) is 20.5. The Hall–Kier alpha value is -2.32. The Labute approximate surface area is 165 Å². The van der Waals surface area contributed by atoms with Gasteiger partial charge in [-0.3, -0.25) is 10.1 Å². The first-order valence-corrected chi connectivity index (χ1v) is 9.06. The molecule has 0 saturated carbocycles. The molecule has 3 rings (SSSR count). The maximum absolute atomic E-state index is 15.0. The van der Waals surface area contributed by atoms with E-state index in [1.807, 2.05) is 0 Å². The van der Waals surface area contributed by atoms with Crippen molar-refractivity contribution in [3.63, 3.8) is 0 Å². The Balaban J connectivity index is 2.11. The topological polar surface area (TPSA) is 95.9 Å². The summed E-state index contributed by atoms with van der Waals surface area (Å²) in [6.07, 6.45) is 0.191. The van der Waals surface area contributed by atoms with Gasteiger partial charge in [0.1, 0.15) is 11.4 Å². The molecule has 1 saturated heterocycles. The highest BCUT2D eigenvalue weighted by atomic mass is 35.5. The van der Waals surface area contributed by atoms with Crippen LogP contribution in [-0.2, 0) is 10.3 Å². The smallest absolute Gasteiger partial charge is 0.336 e. The summed E-state index contributed by atoms with van der Waals surface area (Å²) in [5, 5.41) is 24.0. The molecule has 28 heavy (non-hydrogen) atoms. The number of hydrogen-bond acceptors (Lipinski definition) is 5. The number of benzene rings is 2. The van der Waals surface area contributed by atoms with E-state index in [0.717, 1.165) is 12.1 Å². The van der Waals surface area contributed by atoms with Crippen molar-refractivity contribution in [3.05, 3.63) is 69.5 Å². The Morgan fingerprint density at radius 3 is 2.54 bits per heavy atom. The highest BCUT2D eigenvalue weighted by Gasteiger charge is 2.40. The molecule has 3 N–H and O–H groups in total. The summed E-state index contributed by atoms with van der Waals surface area (Å²) >= 11 is 5.80. The highest BCUT2D eigenvalue weighted by molar-refractivity contribution is 6.30. The molecule has 1 heterocycles. The van der Waals surface area contributed by atoms with E-state index in [0.29, 0.717) is 5.02 Å². The summed E-state index contributed by atoms with van der Waals surface area (Å²) in [6.45, 7) is 2.12. The molecule has 1 aliphatic heterocycles. The number of hydrogen-bond donors (Lipinski definition) is 3. The largest absolute Gasteiger partial charge is 0.478 e. The Morgan fingerprint density at radius 2 is 2.00 bits per heavy atom. The molecule has 2 unspecified atom stereocenters. The number of ketones is 1. The molecule has 1 fully saturated rings. The van der Waals surface area contributed by atoms with E-state index < -0.39 is 40.3 Å². The number of nitrogens with one attached hydrogen (secondary N) is 1. The Kier molecular flexibility index (Phi) is 5.81. The number of carboxylic acid groups (broad SMARTS) is 1. The molecule has 0 amide bonds. The lowest BCUT2D eigenvalue weighted by Gasteiger charge is -2.33. The molecule has 0 radical (unpaired) electrons. The molecule has 0 aromatic heterocycles. The first kappa shape index (κ1) is 20.4. The minimum Gasteiger partial charge on any atom is -0.478 e. The fraction of sp³-hybridized carbons (Fsp3) is 0.300. The zero-order valence-electron chi connectivity index (χ0n) is 15.0. The second-order valence-corrected chi connectivity index (χ2v) is 7.01. The fourth-order valence-electron chi connectivity index (χ4n) is 3.36. The summed E-state index contributed by atoms with van der Waals surface area (Å²) in [6, 6.07) is 7.34. The van der Waals surface area contributed by atoms with Crippen LogP contribution in [-0.4, -0.2) is 41.3 Å². The number of rotatable bonds is 6. The van der Waals surface area contributed by atoms with Crippen molar-refractivity contribution < 1.29 is 28.9 Å².